The van der Waals surface area contributed by atoms with Crippen LogP contribution >= 0.6 is 11.6 Å². The van der Waals surface area contributed by atoms with E-state index in [9.17, 15) is 18.0 Å². The fourth-order valence-corrected chi connectivity index (χ4v) is 3.66. The molecule has 1 aliphatic heterocycles. The first-order chi connectivity index (χ1) is 14.1. The summed E-state index contributed by atoms with van der Waals surface area (Å²) in [5, 5.41) is 6.62. The van der Waals surface area contributed by atoms with Crippen molar-refractivity contribution >= 4 is 17.5 Å². The maximum atomic E-state index is 13.8. The normalized spacial score (nSPS) is 18.0. The van der Waals surface area contributed by atoms with Crippen LogP contribution in [0.4, 0.5) is 13.2 Å². The Morgan fingerprint density at radius 3 is 2.83 bits per heavy atom. The summed E-state index contributed by atoms with van der Waals surface area (Å²) in [5.74, 6) is -0.356. The molecule has 1 aromatic heterocycles. The number of aromatic nitrogens is 2. The molecule has 1 fully saturated rings. The number of hydrogen-bond donors (Lipinski definition) is 1. The number of morpholine rings is 1. The summed E-state index contributed by atoms with van der Waals surface area (Å²) in [6, 6.07) is 5.85. The molecule has 1 atom stereocenters. The lowest BCUT2D eigenvalue weighted by Gasteiger charge is -2.33. The van der Waals surface area contributed by atoms with Gasteiger partial charge in [-0.1, -0.05) is 31.5 Å². The monoisotopic (exact) mass is 444 g/mol. The second-order valence-electron chi connectivity index (χ2n) is 7.65. The average molecular weight is 445 g/mol. The lowest BCUT2D eigenvalue weighted by molar-refractivity contribution is -0.143. The van der Waals surface area contributed by atoms with Crippen molar-refractivity contribution < 1.29 is 22.7 Å². The fourth-order valence-electron chi connectivity index (χ4n) is 3.48. The van der Waals surface area contributed by atoms with Gasteiger partial charge in [-0.3, -0.25) is 9.69 Å². The van der Waals surface area contributed by atoms with Crippen LogP contribution in [-0.4, -0.2) is 59.5 Å². The molecule has 0 radical (unpaired) electrons. The van der Waals surface area contributed by atoms with Crippen molar-refractivity contribution in [3.8, 4) is 5.69 Å². The van der Waals surface area contributed by atoms with E-state index in [-0.39, 0.29) is 23.4 Å². The highest BCUT2D eigenvalue weighted by atomic mass is 35.5. The van der Waals surface area contributed by atoms with Crippen LogP contribution in [0.3, 0.4) is 0 Å². The molecule has 30 heavy (non-hydrogen) atoms. The number of carbonyl (C=O) groups is 1. The van der Waals surface area contributed by atoms with E-state index < -0.39 is 23.3 Å². The van der Waals surface area contributed by atoms with Crippen LogP contribution in [-0.2, 0) is 10.9 Å². The molecule has 0 bridgehead atoms. The standard InChI is InChI=1S/C20H24ClF3N4O2/c1-13(2)11-27-6-7-30-16(12-27)9-25-19(29)17-10-26-28(18(17)20(22,23)24)15-5-3-4-14(21)8-15/h3-5,8,10,13,16H,6-7,9,11-12H2,1-2H3,(H,25,29). The third-order valence-electron chi connectivity index (χ3n) is 4.67. The first-order valence-corrected chi connectivity index (χ1v) is 10.1. The lowest BCUT2D eigenvalue weighted by Crippen LogP contribution is -2.48. The zero-order chi connectivity index (χ0) is 21.9. The van der Waals surface area contributed by atoms with E-state index in [1.54, 1.807) is 6.07 Å². The Morgan fingerprint density at radius 1 is 1.40 bits per heavy atom. The molecule has 0 spiro atoms. The number of nitrogens with one attached hydrogen (secondary N) is 1. The molecule has 1 aliphatic rings. The molecule has 3 rings (SSSR count). The van der Waals surface area contributed by atoms with Crippen molar-refractivity contribution in [1.82, 2.24) is 20.0 Å². The predicted molar refractivity (Wildman–Crippen MR) is 107 cm³/mol. The summed E-state index contributed by atoms with van der Waals surface area (Å²) in [6.07, 6.45) is -4.13. The summed E-state index contributed by atoms with van der Waals surface area (Å²) >= 11 is 5.89. The highest BCUT2D eigenvalue weighted by Gasteiger charge is 2.40. The summed E-state index contributed by atoms with van der Waals surface area (Å²) < 4.78 is 47.6. The topological polar surface area (TPSA) is 59.4 Å². The quantitative estimate of drug-likeness (QED) is 0.739. The average Bonchev–Trinajstić information content (AvgIpc) is 3.12. The minimum Gasteiger partial charge on any atom is -0.374 e. The van der Waals surface area contributed by atoms with E-state index >= 15 is 0 Å². The van der Waals surface area contributed by atoms with E-state index in [1.165, 1.54) is 18.2 Å². The van der Waals surface area contributed by atoms with Gasteiger partial charge in [-0.25, -0.2) is 4.68 Å². The lowest BCUT2D eigenvalue weighted by atomic mass is 10.1. The number of hydrogen-bond acceptors (Lipinski definition) is 4. The van der Waals surface area contributed by atoms with Crippen molar-refractivity contribution in [2.24, 2.45) is 5.92 Å². The zero-order valence-electron chi connectivity index (χ0n) is 16.7. The smallest absolute Gasteiger partial charge is 0.374 e. The molecule has 0 aliphatic carbocycles. The number of alkyl halides is 3. The second-order valence-corrected chi connectivity index (χ2v) is 8.09. The molecular formula is C20H24ClF3N4O2. The van der Waals surface area contributed by atoms with E-state index in [4.69, 9.17) is 16.3 Å². The highest BCUT2D eigenvalue weighted by Crippen LogP contribution is 2.34. The Bertz CT molecular complexity index is 885. The fraction of sp³-hybridized carbons (Fsp3) is 0.500. The Morgan fingerprint density at radius 2 is 2.17 bits per heavy atom. The van der Waals surface area contributed by atoms with Gasteiger partial charge in [-0.2, -0.15) is 18.3 Å². The molecule has 1 N–H and O–H groups in total. The van der Waals surface area contributed by atoms with Crippen LogP contribution in [0.1, 0.15) is 29.9 Å². The van der Waals surface area contributed by atoms with Gasteiger partial charge in [-0.15, -0.1) is 0 Å². The molecule has 10 heteroatoms. The highest BCUT2D eigenvalue weighted by molar-refractivity contribution is 6.30. The molecular weight excluding hydrogens is 421 g/mol. The van der Waals surface area contributed by atoms with Gasteiger partial charge in [0.15, 0.2) is 5.69 Å². The maximum absolute atomic E-state index is 13.8. The Balaban J connectivity index is 1.75. The Labute approximate surface area is 177 Å². The number of nitrogens with zero attached hydrogens (tertiary/aromatic N) is 3. The molecule has 164 valence electrons. The van der Waals surface area contributed by atoms with Crippen molar-refractivity contribution in [2.45, 2.75) is 26.1 Å². The van der Waals surface area contributed by atoms with Crippen LogP contribution in [0.2, 0.25) is 5.02 Å². The van der Waals surface area contributed by atoms with Crippen LogP contribution < -0.4 is 5.32 Å². The van der Waals surface area contributed by atoms with Gasteiger partial charge in [0.2, 0.25) is 0 Å². The molecule has 2 aromatic rings. The largest absolute Gasteiger partial charge is 0.434 e. The summed E-state index contributed by atoms with van der Waals surface area (Å²) in [4.78, 5) is 14.8. The number of rotatable bonds is 6. The van der Waals surface area contributed by atoms with Crippen molar-refractivity contribution in [2.75, 3.05) is 32.8 Å². The van der Waals surface area contributed by atoms with Gasteiger partial charge < -0.3 is 10.1 Å². The molecule has 0 saturated carbocycles. The van der Waals surface area contributed by atoms with Crippen molar-refractivity contribution in [3.63, 3.8) is 0 Å². The third-order valence-corrected chi connectivity index (χ3v) is 4.91. The molecule has 2 heterocycles. The van der Waals surface area contributed by atoms with Crippen LogP contribution in [0.5, 0.6) is 0 Å². The van der Waals surface area contributed by atoms with Gasteiger partial charge in [0.25, 0.3) is 5.91 Å². The summed E-state index contributed by atoms with van der Waals surface area (Å²) in [6.45, 7) is 7.18. The summed E-state index contributed by atoms with van der Waals surface area (Å²) in [5.41, 5.74) is -1.57. The minimum atomic E-state index is -4.78. The van der Waals surface area contributed by atoms with Crippen molar-refractivity contribution in [1.29, 1.82) is 0 Å². The van der Waals surface area contributed by atoms with E-state index in [2.05, 4.69) is 29.2 Å². The first-order valence-electron chi connectivity index (χ1n) is 9.68. The number of halogens is 4. The first kappa shape index (κ1) is 22.6. The number of amides is 1. The van der Waals surface area contributed by atoms with E-state index in [0.717, 1.165) is 19.3 Å². The number of carbonyl (C=O) groups excluding carboxylic acids is 1. The molecule has 6 nitrogen and oxygen atoms in total. The molecule has 1 aromatic carbocycles. The number of ether oxygens (including phenoxy) is 1. The van der Waals surface area contributed by atoms with Gasteiger partial charge >= 0.3 is 6.18 Å². The van der Waals surface area contributed by atoms with Crippen molar-refractivity contribution in [3.05, 3.63) is 46.7 Å². The van der Waals surface area contributed by atoms with E-state index in [0.29, 0.717) is 23.8 Å². The maximum Gasteiger partial charge on any atom is 0.434 e. The molecule has 1 saturated heterocycles. The van der Waals surface area contributed by atoms with Gasteiger partial charge in [0, 0.05) is 31.2 Å². The SMILES string of the molecule is CC(C)CN1CCOC(CNC(=O)c2cnn(-c3cccc(Cl)c3)c2C(F)(F)F)C1. The third kappa shape index (κ3) is 5.53. The van der Waals surface area contributed by atoms with Gasteiger partial charge in [0.1, 0.15) is 0 Å². The van der Waals surface area contributed by atoms with Gasteiger partial charge in [-0.05, 0) is 24.1 Å². The van der Waals surface area contributed by atoms with Crippen LogP contribution in [0.15, 0.2) is 30.5 Å². The predicted octanol–water partition coefficient (Wildman–Crippen LogP) is 3.63. The van der Waals surface area contributed by atoms with Gasteiger partial charge in [0.05, 0.1) is 30.2 Å². The second kappa shape index (κ2) is 9.36. The molecule has 1 unspecified atom stereocenters. The Kier molecular flexibility index (Phi) is 7.05. The minimum absolute atomic E-state index is 0.118. The zero-order valence-corrected chi connectivity index (χ0v) is 17.5. The molecule has 1 amide bonds. The van der Waals surface area contributed by atoms with E-state index in [1.807, 2.05) is 0 Å². The van der Waals surface area contributed by atoms with Crippen LogP contribution in [0.25, 0.3) is 5.69 Å². The summed E-state index contributed by atoms with van der Waals surface area (Å²) in [7, 11) is 0. The van der Waals surface area contributed by atoms with Crippen LogP contribution in [0, 0.1) is 5.92 Å². The number of benzene rings is 1. The Hall–Kier alpha value is -2.10.